The molecule has 1 amide bonds. The molecule has 154 valence electrons. The molecule has 7 nitrogen and oxygen atoms in total. The highest BCUT2D eigenvalue weighted by atomic mass is 16.5. The summed E-state index contributed by atoms with van der Waals surface area (Å²) in [4.78, 5) is 28.5. The van der Waals surface area contributed by atoms with Crippen LogP contribution in [0, 0.1) is 5.41 Å². The van der Waals surface area contributed by atoms with E-state index in [1.165, 1.54) is 0 Å². The van der Waals surface area contributed by atoms with Crippen LogP contribution in [0.2, 0.25) is 0 Å². The average Bonchev–Trinajstić information content (AvgIpc) is 2.71. The number of aliphatic carboxylic acids is 1. The number of carbonyl (C=O) groups excluding carboxylic acids is 1. The standard InChI is InChI=1S/C21H30N2O5/c24-18-16-23(19(25)7-4-9-22-11-13-28-14-12-22)10-8-21(18,20(26)27)15-17-5-2-1-3-6-17/h1-3,5-6,18,24H,4,7-16H2,(H,26,27)/t18-,21-/m1/s1. The Morgan fingerprint density at radius 1 is 1.14 bits per heavy atom. The maximum atomic E-state index is 12.5. The van der Waals surface area contributed by atoms with Gasteiger partial charge in [0.25, 0.3) is 0 Å². The van der Waals surface area contributed by atoms with Gasteiger partial charge in [0.15, 0.2) is 0 Å². The van der Waals surface area contributed by atoms with Crippen LogP contribution in [0.1, 0.15) is 24.8 Å². The molecular weight excluding hydrogens is 360 g/mol. The van der Waals surface area contributed by atoms with Crippen LogP contribution < -0.4 is 0 Å². The molecule has 1 aromatic rings. The largest absolute Gasteiger partial charge is 0.481 e. The second-order valence-electron chi connectivity index (χ2n) is 7.79. The van der Waals surface area contributed by atoms with Gasteiger partial charge in [0, 0.05) is 32.6 Å². The molecule has 0 radical (unpaired) electrons. The number of likely N-dealkylation sites (tertiary alicyclic amines) is 1. The molecule has 7 heteroatoms. The fourth-order valence-corrected chi connectivity index (χ4v) is 4.13. The highest BCUT2D eigenvalue weighted by molar-refractivity contribution is 5.79. The first kappa shape index (κ1) is 20.8. The van der Waals surface area contributed by atoms with Gasteiger partial charge in [0.2, 0.25) is 5.91 Å². The van der Waals surface area contributed by atoms with Crippen LogP contribution in [0.3, 0.4) is 0 Å². The summed E-state index contributed by atoms with van der Waals surface area (Å²) in [6.45, 7) is 4.59. The summed E-state index contributed by atoms with van der Waals surface area (Å²) in [5, 5.41) is 20.6. The molecule has 1 aromatic carbocycles. The van der Waals surface area contributed by atoms with E-state index in [1.54, 1.807) is 4.90 Å². The number of morpholine rings is 1. The summed E-state index contributed by atoms with van der Waals surface area (Å²) in [6.07, 6.45) is 0.626. The third-order valence-corrected chi connectivity index (χ3v) is 5.97. The zero-order chi connectivity index (χ0) is 20.0. The molecule has 2 aliphatic heterocycles. The van der Waals surface area contributed by atoms with E-state index in [-0.39, 0.29) is 25.3 Å². The zero-order valence-corrected chi connectivity index (χ0v) is 16.3. The van der Waals surface area contributed by atoms with Gasteiger partial charge >= 0.3 is 5.97 Å². The Bertz CT molecular complexity index is 662. The Balaban J connectivity index is 1.53. The second-order valence-corrected chi connectivity index (χ2v) is 7.79. The number of carboxylic acids is 1. The van der Waals surface area contributed by atoms with Crippen molar-refractivity contribution in [2.45, 2.75) is 31.8 Å². The van der Waals surface area contributed by atoms with Crippen LogP contribution in [-0.2, 0) is 20.7 Å². The lowest BCUT2D eigenvalue weighted by molar-refractivity contribution is -0.166. The van der Waals surface area contributed by atoms with Gasteiger partial charge in [0.1, 0.15) is 5.41 Å². The number of piperidine rings is 1. The minimum absolute atomic E-state index is 0.00832. The van der Waals surface area contributed by atoms with Crippen molar-refractivity contribution in [1.29, 1.82) is 0 Å². The smallest absolute Gasteiger partial charge is 0.312 e. The summed E-state index contributed by atoms with van der Waals surface area (Å²) < 4.78 is 5.32. The summed E-state index contributed by atoms with van der Waals surface area (Å²) in [5.41, 5.74) is -0.361. The molecule has 0 saturated carbocycles. The molecule has 0 bridgehead atoms. The number of nitrogens with zero attached hydrogens (tertiary/aromatic N) is 2. The number of carboxylic acid groups (broad SMARTS) is 1. The normalized spacial score (nSPS) is 26.2. The van der Waals surface area contributed by atoms with Crippen LogP contribution >= 0.6 is 0 Å². The van der Waals surface area contributed by atoms with Crippen molar-refractivity contribution < 1.29 is 24.5 Å². The topological polar surface area (TPSA) is 90.3 Å². The predicted octanol–water partition coefficient (Wildman–Crippen LogP) is 1.01. The van der Waals surface area contributed by atoms with E-state index < -0.39 is 17.5 Å². The van der Waals surface area contributed by atoms with Crippen LogP contribution in [0.5, 0.6) is 0 Å². The summed E-state index contributed by atoms with van der Waals surface area (Å²) in [7, 11) is 0. The van der Waals surface area contributed by atoms with Crippen molar-refractivity contribution in [1.82, 2.24) is 9.80 Å². The van der Waals surface area contributed by atoms with Gasteiger partial charge in [0.05, 0.1) is 19.3 Å². The minimum atomic E-state index is -1.24. The number of carbonyl (C=O) groups is 2. The number of benzene rings is 1. The summed E-state index contributed by atoms with van der Waals surface area (Å²) in [5.74, 6) is -1.01. The SMILES string of the molecule is O=C(CCCN1CCOCC1)N1CC[C@](Cc2ccccc2)(C(=O)O)[C@H](O)C1. The average molecular weight is 390 g/mol. The monoisotopic (exact) mass is 390 g/mol. The first-order valence-corrected chi connectivity index (χ1v) is 10.0. The number of aliphatic hydroxyl groups is 1. The maximum absolute atomic E-state index is 12.5. The lowest BCUT2D eigenvalue weighted by Crippen LogP contribution is -2.57. The number of ether oxygens (including phenoxy) is 1. The minimum Gasteiger partial charge on any atom is -0.481 e. The quantitative estimate of drug-likeness (QED) is 0.722. The van der Waals surface area contributed by atoms with Crippen molar-refractivity contribution in [3.8, 4) is 0 Å². The van der Waals surface area contributed by atoms with E-state index in [2.05, 4.69) is 4.90 Å². The Morgan fingerprint density at radius 2 is 1.86 bits per heavy atom. The third kappa shape index (κ3) is 4.90. The lowest BCUT2D eigenvalue weighted by atomic mass is 9.71. The molecule has 2 saturated heterocycles. The van der Waals surface area contributed by atoms with E-state index in [0.717, 1.165) is 44.8 Å². The van der Waals surface area contributed by atoms with Crippen molar-refractivity contribution in [3.05, 3.63) is 35.9 Å². The first-order chi connectivity index (χ1) is 13.5. The van der Waals surface area contributed by atoms with Gasteiger partial charge in [-0.25, -0.2) is 0 Å². The van der Waals surface area contributed by atoms with Crippen molar-refractivity contribution >= 4 is 11.9 Å². The van der Waals surface area contributed by atoms with E-state index in [0.29, 0.717) is 13.0 Å². The van der Waals surface area contributed by atoms with Crippen LogP contribution in [-0.4, -0.2) is 83.9 Å². The Labute approximate surface area is 165 Å². The molecule has 0 unspecified atom stereocenters. The van der Waals surface area contributed by atoms with E-state index >= 15 is 0 Å². The fraction of sp³-hybridized carbons (Fsp3) is 0.619. The zero-order valence-electron chi connectivity index (χ0n) is 16.3. The molecule has 2 heterocycles. The Kier molecular flexibility index (Phi) is 7.04. The van der Waals surface area contributed by atoms with Crippen LogP contribution in [0.25, 0.3) is 0 Å². The van der Waals surface area contributed by atoms with Crippen molar-refractivity contribution in [3.63, 3.8) is 0 Å². The van der Waals surface area contributed by atoms with Crippen LogP contribution in [0.4, 0.5) is 0 Å². The van der Waals surface area contributed by atoms with Crippen molar-refractivity contribution in [2.75, 3.05) is 45.9 Å². The van der Waals surface area contributed by atoms with Gasteiger partial charge in [-0.2, -0.15) is 0 Å². The maximum Gasteiger partial charge on any atom is 0.312 e. The number of aliphatic hydroxyl groups excluding tert-OH is 1. The van der Waals surface area contributed by atoms with Gasteiger partial charge < -0.3 is 19.8 Å². The van der Waals surface area contributed by atoms with Crippen molar-refractivity contribution in [2.24, 2.45) is 5.41 Å². The highest BCUT2D eigenvalue weighted by Gasteiger charge is 2.49. The summed E-state index contributed by atoms with van der Waals surface area (Å²) in [6, 6.07) is 9.36. The number of rotatable bonds is 7. The van der Waals surface area contributed by atoms with E-state index in [4.69, 9.17) is 4.74 Å². The molecule has 0 spiro atoms. The molecule has 2 fully saturated rings. The van der Waals surface area contributed by atoms with Gasteiger partial charge in [-0.3, -0.25) is 14.5 Å². The number of β-amino-alcohol motifs (C(OH)–C–C–N with tert-alkyl or cyclic N) is 1. The third-order valence-electron chi connectivity index (χ3n) is 5.97. The molecule has 0 aliphatic carbocycles. The molecule has 28 heavy (non-hydrogen) atoms. The molecule has 2 atom stereocenters. The van der Waals surface area contributed by atoms with E-state index in [1.807, 2.05) is 30.3 Å². The highest BCUT2D eigenvalue weighted by Crippen LogP contribution is 2.36. The molecule has 3 rings (SSSR count). The Morgan fingerprint density at radius 3 is 2.50 bits per heavy atom. The number of hydrogen-bond donors (Lipinski definition) is 2. The van der Waals surface area contributed by atoms with Gasteiger partial charge in [-0.15, -0.1) is 0 Å². The lowest BCUT2D eigenvalue weighted by Gasteiger charge is -2.43. The fourth-order valence-electron chi connectivity index (χ4n) is 4.13. The molecular formula is C21H30N2O5. The first-order valence-electron chi connectivity index (χ1n) is 10.0. The second kappa shape index (κ2) is 9.49. The Hall–Kier alpha value is -1.96. The number of hydrogen-bond acceptors (Lipinski definition) is 5. The van der Waals surface area contributed by atoms with Crippen LogP contribution in [0.15, 0.2) is 30.3 Å². The predicted molar refractivity (Wildman–Crippen MR) is 104 cm³/mol. The van der Waals surface area contributed by atoms with Gasteiger partial charge in [-0.05, 0) is 31.4 Å². The molecule has 2 aliphatic rings. The van der Waals surface area contributed by atoms with Gasteiger partial charge in [-0.1, -0.05) is 30.3 Å². The molecule has 0 aromatic heterocycles. The summed E-state index contributed by atoms with van der Waals surface area (Å²) >= 11 is 0. The molecule has 2 N–H and O–H groups in total. The van der Waals surface area contributed by atoms with E-state index in [9.17, 15) is 19.8 Å². The number of amides is 1.